The van der Waals surface area contributed by atoms with Crippen molar-refractivity contribution < 1.29 is 8.78 Å². The summed E-state index contributed by atoms with van der Waals surface area (Å²) < 4.78 is 25.9. The van der Waals surface area contributed by atoms with E-state index in [1.54, 1.807) is 0 Å². The third-order valence-corrected chi connectivity index (χ3v) is 3.11. The molecular formula is C13H17F2N. The van der Waals surface area contributed by atoms with Gasteiger partial charge in [-0.15, -0.1) is 0 Å². The standard InChI is InChI=1S/C13H17F2N/c1-10-3-2-4-12(9-10)16-11-5-7-13(14,15)8-6-11/h2-4,9,11,16H,5-8H2,1H3. The highest BCUT2D eigenvalue weighted by Crippen LogP contribution is 2.34. The third kappa shape index (κ3) is 2.94. The molecule has 0 radical (unpaired) electrons. The molecule has 1 aliphatic rings. The van der Waals surface area contributed by atoms with Crippen LogP contribution >= 0.6 is 0 Å². The lowest BCUT2D eigenvalue weighted by atomic mass is 9.92. The molecule has 1 nitrogen and oxygen atoms in total. The molecule has 0 amide bonds. The zero-order valence-corrected chi connectivity index (χ0v) is 9.47. The van der Waals surface area contributed by atoms with Gasteiger partial charge in [-0.3, -0.25) is 0 Å². The van der Waals surface area contributed by atoms with Gasteiger partial charge in [-0.05, 0) is 37.5 Å². The normalized spacial score (nSPS) is 20.7. The lowest BCUT2D eigenvalue weighted by molar-refractivity contribution is -0.0360. The first-order chi connectivity index (χ1) is 7.55. The molecule has 3 heteroatoms. The second-order valence-electron chi connectivity index (χ2n) is 4.64. The topological polar surface area (TPSA) is 12.0 Å². The second-order valence-corrected chi connectivity index (χ2v) is 4.64. The van der Waals surface area contributed by atoms with Crippen LogP contribution in [0.5, 0.6) is 0 Å². The number of hydrogen-bond acceptors (Lipinski definition) is 1. The second kappa shape index (κ2) is 4.40. The van der Waals surface area contributed by atoms with E-state index in [1.165, 1.54) is 5.56 Å². The van der Waals surface area contributed by atoms with Crippen LogP contribution < -0.4 is 5.32 Å². The molecule has 1 N–H and O–H groups in total. The van der Waals surface area contributed by atoms with Crippen molar-refractivity contribution in [3.8, 4) is 0 Å². The molecule has 1 fully saturated rings. The Kier molecular flexibility index (Phi) is 3.13. The molecule has 0 bridgehead atoms. The number of benzene rings is 1. The molecule has 0 spiro atoms. The van der Waals surface area contributed by atoms with Gasteiger partial charge in [0.05, 0.1) is 0 Å². The minimum Gasteiger partial charge on any atom is -0.382 e. The minimum atomic E-state index is -2.44. The first kappa shape index (κ1) is 11.4. The molecule has 0 saturated heterocycles. The van der Waals surface area contributed by atoms with Gasteiger partial charge in [0, 0.05) is 24.6 Å². The van der Waals surface area contributed by atoms with E-state index in [9.17, 15) is 8.78 Å². The molecule has 0 unspecified atom stereocenters. The highest BCUT2D eigenvalue weighted by atomic mass is 19.3. The number of alkyl halides is 2. The van der Waals surface area contributed by atoms with Crippen molar-refractivity contribution in [2.45, 2.75) is 44.6 Å². The van der Waals surface area contributed by atoms with Crippen LogP contribution in [-0.4, -0.2) is 12.0 Å². The monoisotopic (exact) mass is 225 g/mol. The van der Waals surface area contributed by atoms with Crippen molar-refractivity contribution >= 4 is 5.69 Å². The summed E-state index contributed by atoms with van der Waals surface area (Å²) in [6, 6.07) is 8.24. The van der Waals surface area contributed by atoms with E-state index < -0.39 is 5.92 Å². The Morgan fingerprint density at radius 2 is 1.94 bits per heavy atom. The van der Waals surface area contributed by atoms with Crippen LogP contribution in [0.25, 0.3) is 0 Å². The Hall–Kier alpha value is -1.12. The molecule has 2 rings (SSSR count). The lowest BCUT2D eigenvalue weighted by Gasteiger charge is -2.29. The fourth-order valence-corrected chi connectivity index (χ4v) is 2.16. The van der Waals surface area contributed by atoms with Gasteiger partial charge in [-0.2, -0.15) is 0 Å². The summed E-state index contributed by atoms with van der Waals surface area (Å²) in [6.07, 6.45) is 1.13. The number of aryl methyl sites for hydroxylation is 1. The summed E-state index contributed by atoms with van der Waals surface area (Å²) in [6.45, 7) is 2.03. The molecule has 0 aliphatic heterocycles. The predicted octanol–water partition coefficient (Wildman–Crippen LogP) is 3.98. The highest BCUT2D eigenvalue weighted by Gasteiger charge is 2.34. The molecule has 0 atom stereocenters. The van der Waals surface area contributed by atoms with Crippen molar-refractivity contribution in [1.29, 1.82) is 0 Å². The number of nitrogens with one attached hydrogen (secondary N) is 1. The van der Waals surface area contributed by atoms with Crippen molar-refractivity contribution in [1.82, 2.24) is 0 Å². The zero-order valence-electron chi connectivity index (χ0n) is 9.47. The summed E-state index contributed by atoms with van der Waals surface area (Å²) in [5, 5.41) is 3.33. The molecule has 1 aliphatic carbocycles. The molecule has 1 aromatic carbocycles. The minimum absolute atomic E-state index is 0.0104. The fraction of sp³-hybridized carbons (Fsp3) is 0.538. The number of anilines is 1. The van der Waals surface area contributed by atoms with Gasteiger partial charge < -0.3 is 5.32 Å². The molecular weight excluding hydrogens is 208 g/mol. The quantitative estimate of drug-likeness (QED) is 0.802. The van der Waals surface area contributed by atoms with Gasteiger partial charge in [-0.25, -0.2) is 8.78 Å². The van der Waals surface area contributed by atoms with Gasteiger partial charge in [-0.1, -0.05) is 12.1 Å². The van der Waals surface area contributed by atoms with Crippen LogP contribution in [0.1, 0.15) is 31.2 Å². The first-order valence-electron chi connectivity index (χ1n) is 5.76. The van der Waals surface area contributed by atoms with Crippen LogP contribution in [0, 0.1) is 6.92 Å². The molecule has 16 heavy (non-hydrogen) atoms. The van der Waals surface area contributed by atoms with E-state index >= 15 is 0 Å². The molecule has 0 heterocycles. The van der Waals surface area contributed by atoms with Crippen LogP contribution in [0.2, 0.25) is 0 Å². The summed E-state index contributed by atoms with van der Waals surface area (Å²) in [7, 11) is 0. The summed E-state index contributed by atoms with van der Waals surface area (Å²) in [4.78, 5) is 0. The number of hydrogen-bond donors (Lipinski definition) is 1. The SMILES string of the molecule is Cc1cccc(NC2CCC(F)(F)CC2)c1. The average Bonchev–Trinajstić information content (AvgIpc) is 2.21. The lowest BCUT2D eigenvalue weighted by Crippen LogP contribution is -2.31. The Balaban J connectivity index is 1.92. The van der Waals surface area contributed by atoms with Crippen molar-refractivity contribution in [2.75, 3.05) is 5.32 Å². The van der Waals surface area contributed by atoms with Gasteiger partial charge >= 0.3 is 0 Å². The predicted molar refractivity (Wildman–Crippen MR) is 62.0 cm³/mol. The maximum absolute atomic E-state index is 13.0. The van der Waals surface area contributed by atoms with Crippen LogP contribution in [0.3, 0.4) is 0 Å². The molecule has 1 aromatic rings. The molecule has 1 saturated carbocycles. The van der Waals surface area contributed by atoms with Crippen molar-refractivity contribution in [2.24, 2.45) is 0 Å². The maximum atomic E-state index is 13.0. The zero-order chi connectivity index (χ0) is 11.6. The summed E-state index contributed by atoms with van der Waals surface area (Å²) in [5.41, 5.74) is 2.22. The molecule has 0 aromatic heterocycles. The van der Waals surface area contributed by atoms with Gasteiger partial charge in [0.2, 0.25) is 5.92 Å². The first-order valence-corrected chi connectivity index (χ1v) is 5.76. The van der Waals surface area contributed by atoms with E-state index in [0.717, 1.165) is 5.69 Å². The van der Waals surface area contributed by atoms with Crippen molar-refractivity contribution in [3.63, 3.8) is 0 Å². The van der Waals surface area contributed by atoms with Crippen LogP contribution in [0.15, 0.2) is 24.3 Å². The smallest absolute Gasteiger partial charge is 0.248 e. The number of halogens is 2. The fourth-order valence-electron chi connectivity index (χ4n) is 2.16. The van der Waals surface area contributed by atoms with Crippen LogP contribution in [0.4, 0.5) is 14.5 Å². The van der Waals surface area contributed by atoms with E-state index in [4.69, 9.17) is 0 Å². The van der Waals surface area contributed by atoms with Crippen molar-refractivity contribution in [3.05, 3.63) is 29.8 Å². The Bertz CT molecular complexity index is 353. The van der Waals surface area contributed by atoms with Gasteiger partial charge in [0.15, 0.2) is 0 Å². The summed E-state index contributed by atoms with van der Waals surface area (Å²) >= 11 is 0. The van der Waals surface area contributed by atoms with E-state index in [0.29, 0.717) is 12.8 Å². The van der Waals surface area contributed by atoms with E-state index in [2.05, 4.69) is 5.32 Å². The Labute approximate surface area is 94.9 Å². The Morgan fingerprint density at radius 3 is 2.56 bits per heavy atom. The van der Waals surface area contributed by atoms with Crippen LogP contribution in [-0.2, 0) is 0 Å². The van der Waals surface area contributed by atoms with Gasteiger partial charge in [0.25, 0.3) is 0 Å². The molecule has 88 valence electrons. The number of rotatable bonds is 2. The average molecular weight is 225 g/mol. The largest absolute Gasteiger partial charge is 0.382 e. The summed E-state index contributed by atoms with van der Waals surface area (Å²) in [5.74, 6) is -2.44. The van der Waals surface area contributed by atoms with Gasteiger partial charge in [0.1, 0.15) is 0 Å². The highest BCUT2D eigenvalue weighted by molar-refractivity contribution is 5.46. The van der Waals surface area contributed by atoms with E-state index in [-0.39, 0.29) is 18.9 Å². The maximum Gasteiger partial charge on any atom is 0.248 e. The van der Waals surface area contributed by atoms with E-state index in [1.807, 2.05) is 31.2 Å². The Morgan fingerprint density at radius 1 is 1.25 bits per heavy atom. The third-order valence-electron chi connectivity index (χ3n) is 3.11.